The molecule has 0 aliphatic heterocycles. The van der Waals surface area contributed by atoms with Gasteiger partial charge in [-0.2, -0.15) is 0 Å². The van der Waals surface area contributed by atoms with E-state index in [1.807, 2.05) is 25.1 Å². The van der Waals surface area contributed by atoms with Gasteiger partial charge in [-0.05, 0) is 66.8 Å². The number of carbonyl (C=O) groups is 2. The minimum Gasteiger partial charge on any atom is -0.478 e. The average Bonchev–Trinajstić information content (AvgIpc) is 2.54. The van der Waals surface area contributed by atoms with Gasteiger partial charge in [-0.1, -0.05) is 0 Å². The molecule has 0 amide bonds. The Labute approximate surface area is 146 Å². The lowest BCUT2D eigenvalue weighted by molar-refractivity contribution is 0.0685. The summed E-state index contributed by atoms with van der Waals surface area (Å²) in [6.45, 7) is 0. The molecule has 2 aromatic rings. The van der Waals surface area contributed by atoms with E-state index in [1.165, 1.54) is 6.07 Å². The first-order valence-corrected chi connectivity index (χ1v) is 7.95. The summed E-state index contributed by atoms with van der Waals surface area (Å²) in [7, 11) is 3.79. The van der Waals surface area contributed by atoms with Gasteiger partial charge in [-0.3, -0.25) is 0 Å². The minimum atomic E-state index is -0.990. The van der Waals surface area contributed by atoms with E-state index in [-0.39, 0.29) is 11.1 Å². The Hall–Kier alpha value is -3.02. The molecule has 0 spiro atoms. The lowest BCUT2D eigenvalue weighted by Crippen LogP contribution is -2.11. The molecule has 132 valence electrons. The molecular formula is C19H22N2O4. The number of carboxylic acids is 2. The summed E-state index contributed by atoms with van der Waals surface area (Å²) in [4.78, 5) is 24.6. The van der Waals surface area contributed by atoms with Crippen LogP contribution in [0.4, 0.5) is 11.4 Å². The Morgan fingerprint density at radius 3 is 1.96 bits per heavy atom. The van der Waals surface area contributed by atoms with E-state index in [4.69, 9.17) is 5.73 Å². The highest BCUT2D eigenvalue weighted by Crippen LogP contribution is 2.22. The minimum absolute atomic E-state index is 0.231. The highest BCUT2D eigenvalue weighted by atomic mass is 16.4. The van der Waals surface area contributed by atoms with Crippen molar-refractivity contribution in [3.63, 3.8) is 0 Å². The number of nitrogen functional groups attached to an aromatic ring is 1. The first-order chi connectivity index (χ1) is 11.8. The number of rotatable bonds is 7. The van der Waals surface area contributed by atoms with Gasteiger partial charge in [0.15, 0.2) is 0 Å². The first-order valence-electron chi connectivity index (χ1n) is 7.95. The third-order valence-electron chi connectivity index (χ3n) is 4.09. The number of hydrogen-bond acceptors (Lipinski definition) is 4. The normalized spacial score (nSPS) is 10.5. The Bertz CT molecular complexity index is 800. The summed E-state index contributed by atoms with van der Waals surface area (Å²) >= 11 is 0. The van der Waals surface area contributed by atoms with Crippen molar-refractivity contribution in [3.8, 4) is 0 Å². The van der Waals surface area contributed by atoms with Crippen molar-refractivity contribution in [3.05, 3.63) is 58.7 Å². The van der Waals surface area contributed by atoms with Gasteiger partial charge in [-0.25, -0.2) is 9.59 Å². The van der Waals surface area contributed by atoms with Gasteiger partial charge in [0.2, 0.25) is 0 Å². The molecule has 25 heavy (non-hydrogen) atoms. The number of carboxylic acid groups (broad SMARTS) is 2. The molecule has 0 unspecified atom stereocenters. The van der Waals surface area contributed by atoms with Crippen LogP contribution in [0.1, 0.15) is 38.3 Å². The van der Waals surface area contributed by atoms with Gasteiger partial charge in [0, 0.05) is 25.5 Å². The molecule has 0 aliphatic carbocycles. The molecule has 0 saturated carbocycles. The predicted octanol–water partition coefficient (Wildman–Crippen LogP) is 2.91. The molecule has 0 aliphatic rings. The highest BCUT2D eigenvalue weighted by molar-refractivity contribution is 5.90. The number of nitrogens with two attached hydrogens (primary N) is 1. The van der Waals surface area contributed by atoms with Gasteiger partial charge >= 0.3 is 11.9 Å². The maximum atomic E-state index is 11.4. The summed E-state index contributed by atoms with van der Waals surface area (Å²) in [6, 6.07) is 9.97. The van der Waals surface area contributed by atoms with E-state index < -0.39 is 11.9 Å². The van der Waals surface area contributed by atoms with Crippen molar-refractivity contribution in [1.29, 1.82) is 0 Å². The third-order valence-corrected chi connectivity index (χ3v) is 4.09. The van der Waals surface area contributed by atoms with E-state index in [1.54, 1.807) is 24.3 Å². The topological polar surface area (TPSA) is 104 Å². The third kappa shape index (κ3) is 4.50. The highest BCUT2D eigenvalue weighted by Gasteiger charge is 2.13. The van der Waals surface area contributed by atoms with Crippen LogP contribution in [-0.4, -0.2) is 36.2 Å². The zero-order chi connectivity index (χ0) is 18.6. The molecular weight excluding hydrogens is 320 g/mol. The standard InChI is InChI=1S/C19H22N2O4/c1-21(2)15-7-9-17(19(24)25)13(11-15)5-3-4-12-10-14(20)6-8-16(12)18(22)23/h6-11H,3-5,20H2,1-2H3,(H,22,23)(H,24,25). The summed E-state index contributed by atoms with van der Waals surface area (Å²) in [5, 5.41) is 18.6. The summed E-state index contributed by atoms with van der Waals surface area (Å²) in [5.74, 6) is -1.95. The number of benzene rings is 2. The molecule has 4 N–H and O–H groups in total. The van der Waals surface area contributed by atoms with E-state index in [0.29, 0.717) is 30.5 Å². The zero-order valence-corrected chi connectivity index (χ0v) is 14.3. The molecule has 2 aromatic carbocycles. The average molecular weight is 342 g/mol. The fourth-order valence-electron chi connectivity index (χ4n) is 2.77. The fourth-order valence-corrected chi connectivity index (χ4v) is 2.77. The molecule has 0 radical (unpaired) electrons. The van der Waals surface area contributed by atoms with Crippen LogP contribution in [0, 0.1) is 0 Å². The van der Waals surface area contributed by atoms with Gasteiger partial charge < -0.3 is 20.8 Å². The number of hydrogen-bond donors (Lipinski definition) is 3. The molecule has 6 heteroatoms. The molecule has 0 aromatic heterocycles. The van der Waals surface area contributed by atoms with Crippen molar-refractivity contribution >= 4 is 23.3 Å². The Kier molecular flexibility index (Phi) is 5.64. The van der Waals surface area contributed by atoms with Crippen molar-refractivity contribution in [2.45, 2.75) is 19.3 Å². The number of aryl methyl sites for hydroxylation is 2. The summed E-state index contributed by atoms with van der Waals surface area (Å²) in [5.41, 5.74) is 9.09. The van der Waals surface area contributed by atoms with Gasteiger partial charge in [0.05, 0.1) is 11.1 Å². The van der Waals surface area contributed by atoms with Crippen LogP contribution in [0.2, 0.25) is 0 Å². The Morgan fingerprint density at radius 1 is 0.920 bits per heavy atom. The van der Waals surface area contributed by atoms with E-state index in [9.17, 15) is 19.8 Å². The monoisotopic (exact) mass is 342 g/mol. The molecule has 0 saturated heterocycles. The van der Waals surface area contributed by atoms with E-state index in [2.05, 4.69) is 0 Å². The van der Waals surface area contributed by atoms with Gasteiger partial charge in [0.25, 0.3) is 0 Å². The van der Waals surface area contributed by atoms with Crippen LogP contribution in [0.25, 0.3) is 0 Å². The Balaban J connectivity index is 2.19. The van der Waals surface area contributed by atoms with E-state index in [0.717, 1.165) is 11.3 Å². The van der Waals surface area contributed by atoms with Crippen LogP contribution < -0.4 is 10.6 Å². The molecule has 0 atom stereocenters. The van der Waals surface area contributed by atoms with Gasteiger partial charge in [0.1, 0.15) is 0 Å². The molecule has 2 rings (SSSR count). The largest absolute Gasteiger partial charge is 0.478 e. The number of nitrogens with zero attached hydrogens (tertiary/aromatic N) is 1. The second-order valence-corrected chi connectivity index (χ2v) is 6.12. The van der Waals surface area contributed by atoms with E-state index >= 15 is 0 Å². The quantitative estimate of drug-likeness (QED) is 0.668. The SMILES string of the molecule is CN(C)c1ccc(C(=O)O)c(CCCc2cc(N)ccc2C(=O)O)c1. The predicted molar refractivity (Wildman–Crippen MR) is 97.6 cm³/mol. The summed E-state index contributed by atoms with van der Waals surface area (Å²) in [6.07, 6.45) is 1.68. The van der Waals surface area contributed by atoms with Crippen molar-refractivity contribution < 1.29 is 19.8 Å². The maximum Gasteiger partial charge on any atom is 0.335 e. The fraction of sp³-hybridized carbons (Fsp3) is 0.263. The molecule has 6 nitrogen and oxygen atoms in total. The first kappa shape index (κ1) is 18.3. The lowest BCUT2D eigenvalue weighted by Gasteiger charge is -2.15. The van der Waals surface area contributed by atoms with Crippen molar-refractivity contribution in [2.24, 2.45) is 0 Å². The van der Waals surface area contributed by atoms with Crippen LogP contribution in [0.15, 0.2) is 36.4 Å². The van der Waals surface area contributed by atoms with Gasteiger partial charge in [-0.15, -0.1) is 0 Å². The molecule has 0 heterocycles. The molecule has 0 bridgehead atoms. The smallest absolute Gasteiger partial charge is 0.335 e. The van der Waals surface area contributed by atoms with Crippen LogP contribution >= 0.6 is 0 Å². The van der Waals surface area contributed by atoms with Crippen LogP contribution in [-0.2, 0) is 12.8 Å². The number of anilines is 2. The number of aromatic carboxylic acids is 2. The lowest BCUT2D eigenvalue weighted by atomic mass is 9.96. The second kappa shape index (κ2) is 7.70. The van der Waals surface area contributed by atoms with Crippen LogP contribution in [0.5, 0.6) is 0 Å². The van der Waals surface area contributed by atoms with Crippen molar-refractivity contribution in [2.75, 3.05) is 24.7 Å². The van der Waals surface area contributed by atoms with Crippen LogP contribution in [0.3, 0.4) is 0 Å². The molecule has 0 fully saturated rings. The Morgan fingerprint density at radius 2 is 1.44 bits per heavy atom. The second-order valence-electron chi connectivity index (χ2n) is 6.12. The van der Waals surface area contributed by atoms with Crippen molar-refractivity contribution in [1.82, 2.24) is 0 Å². The maximum absolute atomic E-state index is 11.4. The zero-order valence-electron chi connectivity index (χ0n) is 14.3. The summed E-state index contributed by atoms with van der Waals surface area (Å²) < 4.78 is 0.